The highest BCUT2D eigenvalue weighted by Gasteiger charge is 2.27. The van der Waals surface area contributed by atoms with Crippen molar-refractivity contribution in [1.29, 1.82) is 5.26 Å². The number of nitrogen functional groups attached to an aromatic ring is 1. The van der Waals surface area contributed by atoms with Crippen molar-refractivity contribution in [2.75, 3.05) is 5.73 Å². The lowest BCUT2D eigenvalue weighted by Gasteiger charge is -2.11. The van der Waals surface area contributed by atoms with E-state index in [1.807, 2.05) is 25.2 Å². The Bertz CT molecular complexity index is 964. The quantitative estimate of drug-likeness (QED) is 0.789. The van der Waals surface area contributed by atoms with E-state index in [4.69, 9.17) is 10.5 Å². The SMILES string of the molecule is Cn1nc(C2CC2)cc1Oc1cc(C#N)ccc1-c1ccc(N)cn1. The van der Waals surface area contributed by atoms with Crippen molar-refractivity contribution in [3.8, 4) is 29.0 Å². The number of benzene rings is 1. The number of hydrogen-bond donors (Lipinski definition) is 1. The van der Waals surface area contributed by atoms with Crippen LogP contribution >= 0.6 is 0 Å². The molecule has 1 fully saturated rings. The van der Waals surface area contributed by atoms with Crippen molar-refractivity contribution in [2.45, 2.75) is 18.8 Å². The Hall–Kier alpha value is -3.33. The molecule has 0 aliphatic heterocycles. The fourth-order valence-corrected chi connectivity index (χ4v) is 2.71. The molecule has 1 aromatic carbocycles. The summed E-state index contributed by atoms with van der Waals surface area (Å²) in [4.78, 5) is 4.36. The highest BCUT2D eigenvalue weighted by molar-refractivity contribution is 5.69. The molecule has 2 aromatic heterocycles. The van der Waals surface area contributed by atoms with Gasteiger partial charge in [0.1, 0.15) is 5.75 Å². The maximum Gasteiger partial charge on any atom is 0.217 e. The molecule has 6 heteroatoms. The van der Waals surface area contributed by atoms with Gasteiger partial charge in [-0.2, -0.15) is 10.4 Å². The number of rotatable bonds is 4. The van der Waals surface area contributed by atoms with Crippen LogP contribution in [0.4, 0.5) is 5.69 Å². The number of nitrogens with two attached hydrogens (primary N) is 1. The third-order valence-electron chi connectivity index (χ3n) is 4.24. The van der Waals surface area contributed by atoms with Crippen molar-refractivity contribution in [2.24, 2.45) is 7.05 Å². The van der Waals surface area contributed by atoms with E-state index in [0.717, 1.165) is 17.0 Å². The summed E-state index contributed by atoms with van der Waals surface area (Å²) >= 11 is 0. The first kappa shape index (κ1) is 15.2. The molecule has 1 aliphatic rings. The van der Waals surface area contributed by atoms with Crippen LogP contribution in [0.25, 0.3) is 11.3 Å². The zero-order valence-corrected chi connectivity index (χ0v) is 13.8. The number of ether oxygens (including phenoxy) is 1. The van der Waals surface area contributed by atoms with Crippen LogP contribution < -0.4 is 10.5 Å². The first-order valence-corrected chi connectivity index (χ1v) is 8.12. The molecule has 3 aromatic rings. The van der Waals surface area contributed by atoms with Gasteiger partial charge in [0, 0.05) is 24.6 Å². The molecule has 0 atom stereocenters. The molecule has 2 N–H and O–H groups in total. The highest BCUT2D eigenvalue weighted by atomic mass is 16.5. The van der Waals surface area contributed by atoms with Crippen LogP contribution in [0.3, 0.4) is 0 Å². The maximum atomic E-state index is 9.21. The first-order chi connectivity index (χ1) is 12.1. The minimum absolute atomic E-state index is 0.527. The van der Waals surface area contributed by atoms with Crippen LogP contribution in [-0.4, -0.2) is 14.8 Å². The summed E-state index contributed by atoms with van der Waals surface area (Å²) < 4.78 is 7.83. The maximum absolute atomic E-state index is 9.21. The number of pyridine rings is 1. The Morgan fingerprint density at radius 3 is 2.76 bits per heavy atom. The molecular formula is C19H17N5O. The average molecular weight is 331 g/mol. The van der Waals surface area contributed by atoms with Gasteiger partial charge in [0.25, 0.3) is 0 Å². The molecule has 0 unspecified atom stereocenters. The molecule has 124 valence electrons. The third kappa shape index (κ3) is 3.04. The minimum atomic E-state index is 0.527. The summed E-state index contributed by atoms with van der Waals surface area (Å²) in [5.41, 5.74) is 9.44. The lowest BCUT2D eigenvalue weighted by atomic mass is 10.1. The summed E-state index contributed by atoms with van der Waals surface area (Å²) in [6.45, 7) is 0. The highest BCUT2D eigenvalue weighted by Crippen LogP contribution is 2.41. The van der Waals surface area contributed by atoms with Crippen molar-refractivity contribution in [1.82, 2.24) is 14.8 Å². The van der Waals surface area contributed by atoms with Crippen LogP contribution in [-0.2, 0) is 7.05 Å². The van der Waals surface area contributed by atoms with E-state index in [0.29, 0.717) is 28.8 Å². The topological polar surface area (TPSA) is 89.8 Å². The van der Waals surface area contributed by atoms with Gasteiger partial charge in [-0.15, -0.1) is 0 Å². The van der Waals surface area contributed by atoms with Gasteiger partial charge in [0.15, 0.2) is 0 Å². The van der Waals surface area contributed by atoms with E-state index < -0.39 is 0 Å². The fourth-order valence-electron chi connectivity index (χ4n) is 2.71. The molecule has 0 saturated heterocycles. The second-order valence-corrected chi connectivity index (χ2v) is 6.21. The fraction of sp³-hybridized carbons (Fsp3) is 0.211. The van der Waals surface area contributed by atoms with E-state index in [1.165, 1.54) is 12.8 Å². The summed E-state index contributed by atoms with van der Waals surface area (Å²) in [5, 5.41) is 13.7. The number of aromatic nitrogens is 3. The summed E-state index contributed by atoms with van der Waals surface area (Å²) in [6.07, 6.45) is 3.97. The lowest BCUT2D eigenvalue weighted by Crippen LogP contribution is -1.98. The predicted molar refractivity (Wildman–Crippen MR) is 94.1 cm³/mol. The molecule has 4 rings (SSSR count). The molecule has 6 nitrogen and oxygen atoms in total. The Kier molecular flexibility index (Phi) is 3.62. The first-order valence-electron chi connectivity index (χ1n) is 8.12. The zero-order chi connectivity index (χ0) is 17.4. The third-order valence-corrected chi connectivity index (χ3v) is 4.24. The molecule has 1 saturated carbocycles. The molecule has 0 spiro atoms. The largest absolute Gasteiger partial charge is 0.439 e. The van der Waals surface area contributed by atoms with Crippen molar-refractivity contribution in [3.05, 3.63) is 53.9 Å². The van der Waals surface area contributed by atoms with Gasteiger partial charge < -0.3 is 10.5 Å². The summed E-state index contributed by atoms with van der Waals surface area (Å²) in [7, 11) is 1.86. The minimum Gasteiger partial charge on any atom is -0.439 e. The Balaban J connectivity index is 1.74. The smallest absolute Gasteiger partial charge is 0.217 e. The van der Waals surface area contributed by atoms with Crippen molar-refractivity contribution >= 4 is 5.69 Å². The van der Waals surface area contributed by atoms with Crippen LogP contribution in [0.15, 0.2) is 42.6 Å². The summed E-state index contributed by atoms with van der Waals surface area (Å²) in [5.74, 6) is 1.77. The van der Waals surface area contributed by atoms with E-state index in [2.05, 4.69) is 16.2 Å². The molecule has 2 heterocycles. The monoisotopic (exact) mass is 331 g/mol. The van der Waals surface area contributed by atoms with E-state index in [1.54, 1.807) is 29.1 Å². The molecular weight excluding hydrogens is 314 g/mol. The second kappa shape index (κ2) is 5.95. The van der Waals surface area contributed by atoms with Crippen molar-refractivity contribution in [3.63, 3.8) is 0 Å². The van der Waals surface area contributed by atoms with Gasteiger partial charge in [-0.3, -0.25) is 4.98 Å². The van der Waals surface area contributed by atoms with Gasteiger partial charge in [-0.25, -0.2) is 4.68 Å². The normalized spacial score (nSPS) is 13.4. The number of anilines is 1. The molecule has 0 bridgehead atoms. The van der Waals surface area contributed by atoms with Crippen LogP contribution in [0, 0.1) is 11.3 Å². The Morgan fingerprint density at radius 2 is 2.08 bits per heavy atom. The average Bonchev–Trinajstić information content (AvgIpc) is 3.41. The number of hydrogen-bond acceptors (Lipinski definition) is 5. The van der Waals surface area contributed by atoms with E-state index in [-0.39, 0.29) is 0 Å². The molecule has 0 radical (unpaired) electrons. The van der Waals surface area contributed by atoms with E-state index in [9.17, 15) is 5.26 Å². The number of aryl methyl sites for hydroxylation is 1. The standard InChI is InChI=1S/C19H17N5O/c1-24-19(9-17(23-24)13-3-4-13)25-18-8-12(10-20)2-6-15(18)16-7-5-14(21)11-22-16/h2,5-9,11,13H,3-4,21H2,1H3. The zero-order valence-electron chi connectivity index (χ0n) is 13.8. The number of nitrogens with zero attached hydrogens (tertiary/aromatic N) is 4. The van der Waals surface area contributed by atoms with Gasteiger partial charge in [-0.05, 0) is 43.2 Å². The van der Waals surface area contributed by atoms with E-state index >= 15 is 0 Å². The second-order valence-electron chi connectivity index (χ2n) is 6.21. The predicted octanol–water partition coefficient (Wildman–Crippen LogP) is 3.61. The lowest BCUT2D eigenvalue weighted by molar-refractivity contribution is 0.432. The Labute approximate surface area is 145 Å². The van der Waals surface area contributed by atoms with Gasteiger partial charge >= 0.3 is 0 Å². The van der Waals surface area contributed by atoms with Crippen LogP contribution in [0.2, 0.25) is 0 Å². The van der Waals surface area contributed by atoms with Crippen LogP contribution in [0.5, 0.6) is 11.6 Å². The van der Waals surface area contributed by atoms with Crippen molar-refractivity contribution < 1.29 is 4.74 Å². The Morgan fingerprint density at radius 1 is 1.24 bits per heavy atom. The van der Waals surface area contributed by atoms with Gasteiger partial charge in [-0.1, -0.05) is 0 Å². The van der Waals surface area contributed by atoms with Gasteiger partial charge in [0.05, 0.1) is 34.9 Å². The number of nitriles is 1. The van der Waals surface area contributed by atoms with Gasteiger partial charge in [0.2, 0.25) is 5.88 Å². The molecule has 0 amide bonds. The molecule has 1 aliphatic carbocycles. The van der Waals surface area contributed by atoms with Crippen LogP contribution in [0.1, 0.15) is 30.0 Å². The summed E-state index contributed by atoms with van der Waals surface area (Å²) in [6, 6.07) is 13.0. The molecule has 25 heavy (non-hydrogen) atoms.